The maximum atomic E-state index is 12.1. The minimum absolute atomic E-state index is 0.0298. The Hall–Kier alpha value is -3.39. The molecule has 2 atom stereocenters. The predicted molar refractivity (Wildman–Crippen MR) is 122 cm³/mol. The van der Waals surface area contributed by atoms with E-state index in [9.17, 15) is 19.5 Å². The first kappa shape index (κ1) is 24.9. The molecule has 2 amide bonds. The fourth-order valence-electron chi connectivity index (χ4n) is 3.08. The van der Waals surface area contributed by atoms with Gasteiger partial charge in [0.25, 0.3) is 0 Å². The fourth-order valence-corrected chi connectivity index (χ4v) is 3.08. The first-order valence-electron chi connectivity index (χ1n) is 10.6. The van der Waals surface area contributed by atoms with E-state index in [-0.39, 0.29) is 18.9 Å². The van der Waals surface area contributed by atoms with Crippen molar-refractivity contribution in [3.8, 4) is 0 Å². The quantitative estimate of drug-likeness (QED) is 0.423. The van der Waals surface area contributed by atoms with E-state index in [1.807, 2.05) is 44.2 Å². The van der Waals surface area contributed by atoms with Crippen LogP contribution in [0.3, 0.4) is 0 Å². The molecule has 5 N–H and O–H groups in total. The second-order valence-electron chi connectivity index (χ2n) is 8.06. The molecule has 2 aromatic rings. The van der Waals surface area contributed by atoms with Crippen molar-refractivity contribution in [3.63, 3.8) is 0 Å². The van der Waals surface area contributed by atoms with Gasteiger partial charge in [0.1, 0.15) is 12.6 Å². The van der Waals surface area contributed by atoms with Gasteiger partial charge in [0, 0.05) is 5.69 Å². The molecule has 0 saturated heterocycles. The van der Waals surface area contributed by atoms with E-state index in [0.29, 0.717) is 30.0 Å². The number of aliphatic carboxylic acids is 1. The minimum atomic E-state index is -1.12. The summed E-state index contributed by atoms with van der Waals surface area (Å²) >= 11 is 0. The highest BCUT2D eigenvalue weighted by Gasteiger charge is 2.20. The summed E-state index contributed by atoms with van der Waals surface area (Å²) in [7, 11) is 0. The smallest absolute Gasteiger partial charge is 0.408 e. The fraction of sp³-hybridized carbons (Fsp3) is 0.375. The van der Waals surface area contributed by atoms with Crippen LogP contribution in [-0.4, -0.2) is 35.2 Å². The molecule has 2 aromatic carbocycles. The number of ether oxygens (including phenoxy) is 1. The molecule has 0 aliphatic heterocycles. The lowest BCUT2D eigenvalue weighted by molar-refractivity contribution is -0.139. The highest BCUT2D eigenvalue weighted by atomic mass is 16.5. The van der Waals surface area contributed by atoms with Crippen LogP contribution in [0.15, 0.2) is 54.6 Å². The van der Waals surface area contributed by atoms with Crippen LogP contribution in [0, 0.1) is 5.92 Å². The van der Waals surface area contributed by atoms with Crippen molar-refractivity contribution >= 4 is 23.7 Å². The van der Waals surface area contributed by atoms with Gasteiger partial charge in [-0.25, -0.2) is 9.59 Å². The molecule has 0 aliphatic rings. The summed E-state index contributed by atoms with van der Waals surface area (Å²) in [5.74, 6) is -1.05. The number of benzene rings is 2. The van der Waals surface area contributed by atoms with Crippen LogP contribution in [0.4, 0.5) is 10.5 Å². The van der Waals surface area contributed by atoms with Crippen LogP contribution in [0.25, 0.3) is 0 Å². The topological polar surface area (TPSA) is 131 Å². The van der Waals surface area contributed by atoms with Crippen molar-refractivity contribution < 1.29 is 24.2 Å². The lowest BCUT2D eigenvalue weighted by Crippen LogP contribution is -2.41. The van der Waals surface area contributed by atoms with Gasteiger partial charge in [0.15, 0.2) is 0 Å². The monoisotopic (exact) mass is 441 g/mol. The summed E-state index contributed by atoms with van der Waals surface area (Å²) in [5, 5.41) is 14.5. The van der Waals surface area contributed by atoms with E-state index in [1.165, 1.54) is 0 Å². The zero-order chi connectivity index (χ0) is 23.5. The zero-order valence-electron chi connectivity index (χ0n) is 18.4. The van der Waals surface area contributed by atoms with Gasteiger partial charge in [0.05, 0.1) is 6.04 Å². The number of hydrogen-bond donors (Lipinski definition) is 4. The maximum absolute atomic E-state index is 12.1. The van der Waals surface area contributed by atoms with Crippen molar-refractivity contribution in [2.45, 2.75) is 51.8 Å². The molecule has 2 rings (SSSR count). The van der Waals surface area contributed by atoms with Gasteiger partial charge in [0.2, 0.25) is 5.91 Å². The number of carboxylic acids is 1. The molecule has 0 heterocycles. The van der Waals surface area contributed by atoms with E-state index >= 15 is 0 Å². The number of nitrogens with two attached hydrogens (primary N) is 1. The molecular weight excluding hydrogens is 410 g/mol. The van der Waals surface area contributed by atoms with Crippen molar-refractivity contribution in [1.29, 1.82) is 0 Å². The molecule has 32 heavy (non-hydrogen) atoms. The number of hydrogen-bond acceptors (Lipinski definition) is 5. The predicted octanol–water partition coefficient (Wildman–Crippen LogP) is 3.31. The zero-order valence-corrected chi connectivity index (χ0v) is 18.4. The highest BCUT2D eigenvalue weighted by Crippen LogP contribution is 2.12. The Morgan fingerprint density at radius 2 is 1.66 bits per heavy atom. The Morgan fingerprint density at radius 1 is 1.00 bits per heavy atom. The van der Waals surface area contributed by atoms with Crippen LogP contribution >= 0.6 is 0 Å². The summed E-state index contributed by atoms with van der Waals surface area (Å²) < 4.78 is 5.14. The van der Waals surface area contributed by atoms with Gasteiger partial charge in [-0.2, -0.15) is 0 Å². The molecule has 8 heteroatoms. The van der Waals surface area contributed by atoms with E-state index in [1.54, 1.807) is 24.3 Å². The van der Waals surface area contributed by atoms with Gasteiger partial charge >= 0.3 is 12.1 Å². The minimum Gasteiger partial charge on any atom is -0.480 e. The van der Waals surface area contributed by atoms with Gasteiger partial charge in [-0.05, 0) is 48.4 Å². The third-order valence-electron chi connectivity index (χ3n) is 4.81. The largest absolute Gasteiger partial charge is 0.480 e. The van der Waals surface area contributed by atoms with Crippen LogP contribution in [-0.2, 0) is 27.4 Å². The SMILES string of the molecule is CC(C)CC(N)C(=O)Nc1ccc(COC(=O)N[C@@H](CCc2ccccc2)C(=O)O)cc1. The van der Waals surface area contributed by atoms with Crippen LogP contribution < -0.4 is 16.4 Å². The van der Waals surface area contributed by atoms with Gasteiger partial charge in [-0.1, -0.05) is 56.3 Å². The summed E-state index contributed by atoms with van der Waals surface area (Å²) in [6.45, 7) is 3.97. The van der Waals surface area contributed by atoms with Crippen LogP contribution in [0.1, 0.15) is 37.8 Å². The molecular formula is C24H31N3O5. The molecule has 0 radical (unpaired) electrons. The number of nitrogens with one attached hydrogen (secondary N) is 2. The normalized spacial score (nSPS) is 12.6. The first-order valence-corrected chi connectivity index (χ1v) is 10.6. The molecule has 0 saturated carbocycles. The standard InChI is InChI=1S/C24H31N3O5/c1-16(2)14-20(25)22(28)26-19-11-8-18(9-12-19)15-32-24(31)27-21(23(29)30)13-10-17-6-4-3-5-7-17/h3-9,11-12,16,20-21H,10,13-15,25H2,1-2H3,(H,26,28)(H,27,31)(H,29,30)/t20?,21-/m0/s1. The Kier molecular flexibility index (Phi) is 9.69. The Balaban J connectivity index is 1.79. The number of carbonyl (C=O) groups excluding carboxylic acids is 2. The molecule has 0 aromatic heterocycles. The molecule has 172 valence electrons. The average molecular weight is 442 g/mol. The van der Waals surface area contributed by atoms with Crippen LogP contribution in [0.5, 0.6) is 0 Å². The number of rotatable bonds is 11. The second-order valence-corrected chi connectivity index (χ2v) is 8.06. The third-order valence-corrected chi connectivity index (χ3v) is 4.81. The number of aryl methyl sites for hydroxylation is 1. The molecule has 1 unspecified atom stereocenters. The summed E-state index contributed by atoms with van der Waals surface area (Å²) in [5.41, 5.74) is 8.15. The van der Waals surface area contributed by atoms with Gasteiger partial charge < -0.3 is 26.2 Å². The maximum Gasteiger partial charge on any atom is 0.408 e. The molecule has 8 nitrogen and oxygen atoms in total. The van der Waals surface area contributed by atoms with E-state index in [4.69, 9.17) is 10.5 Å². The summed E-state index contributed by atoms with van der Waals surface area (Å²) in [6, 6.07) is 14.6. The van der Waals surface area contributed by atoms with Crippen molar-refractivity contribution in [2.75, 3.05) is 5.32 Å². The average Bonchev–Trinajstić information content (AvgIpc) is 2.76. The molecule has 0 spiro atoms. The number of carboxylic acid groups (broad SMARTS) is 1. The van der Waals surface area contributed by atoms with E-state index in [0.717, 1.165) is 5.56 Å². The van der Waals surface area contributed by atoms with Crippen LogP contribution in [0.2, 0.25) is 0 Å². The van der Waals surface area contributed by atoms with Gasteiger partial charge in [-0.3, -0.25) is 4.79 Å². The lowest BCUT2D eigenvalue weighted by Gasteiger charge is -2.15. The van der Waals surface area contributed by atoms with Gasteiger partial charge in [-0.15, -0.1) is 0 Å². The Labute approximate surface area is 188 Å². The van der Waals surface area contributed by atoms with Crippen molar-refractivity contribution in [3.05, 3.63) is 65.7 Å². The number of amides is 2. The second kappa shape index (κ2) is 12.5. The summed E-state index contributed by atoms with van der Waals surface area (Å²) in [6.07, 6.45) is 0.561. The Bertz CT molecular complexity index is 884. The molecule has 0 fully saturated rings. The lowest BCUT2D eigenvalue weighted by atomic mass is 10.0. The van der Waals surface area contributed by atoms with Crippen molar-refractivity contribution in [1.82, 2.24) is 5.32 Å². The summed E-state index contributed by atoms with van der Waals surface area (Å²) in [4.78, 5) is 35.6. The molecule has 0 bridgehead atoms. The van der Waals surface area contributed by atoms with Crippen molar-refractivity contribution in [2.24, 2.45) is 11.7 Å². The third kappa shape index (κ3) is 8.77. The number of alkyl carbamates (subject to hydrolysis) is 1. The Morgan fingerprint density at radius 3 is 2.25 bits per heavy atom. The van der Waals surface area contributed by atoms with E-state index < -0.39 is 24.1 Å². The number of anilines is 1. The highest BCUT2D eigenvalue weighted by molar-refractivity contribution is 5.94. The number of carbonyl (C=O) groups is 3. The first-order chi connectivity index (χ1) is 15.2. The van der Waals surface area contributed by atoms with E-state index in [2.05, 4.69) is 10.6 Å². The molecule has 0 aliphatic carbocycles.